The minimum Gasteiger partial charge on any atom is -0.366 e. The zero-order chi connectivity index (χ0) is 14.3. The molecule has 5 heteroatoms. The maximum atomic E-state index is 11.7. The van der Waals surface area contributed by atoms with Crippen LogP contribution in [-0.2, 0) is 4.79 Å². The molecule has 19 heavy (non-hydrogen) atoms. The monoisotopic (exact) mass is 263 g/mol. The molecule has 0 radical (unpaired) electrons. The third-order valence-electron chi connectivity index (χ3n) is 2.89. The minimum absolute atomic E-state index is 0.0213. The van der Waals surface area contributed by atoms with Gasteiger partial charge in [0.2, 0.25) is 11.8 Å². The Morgan fingerprint density at radius 3 is 2.53 bits per heavy atom. The van der Waals surface area contributed by atoms with Crippen molar-refractivity contribution in [3.8, 4) is 0 Å². The number of nitrogens with one attached hydrogen (secondary N) is 1. The largest absolute Gasteiger partial charge is 0.366 e. The highest BCUT2D eigenvalue weighted by atomic mass is 16.1. The smallest absolute Gasteiger partial charge is 0.248 e. The molecule has 0 saturated heterocycles. The maximum Gasteiger partial charge on any atom is 0.248 e. The van der Waals surface area contributed by atoms with Gasteiger partial charge < -0.3 is 16.8 Å². The van der Waals surface area contributed by atoms with Crippen molar-refractivity contribution >= 4 is 17.5 Å². The molecule has 1 rings (SSSR count). The molecule has 1 aromatic rings. The Bertz CT molecular complexity index is 458. The average Bonchev–Trinajstić information content (AvgIpc) is 2.37. The summed E-state index contributed by atoms with van der Waals surface area (Å²) in [5.74, 6) is -0.491. The molecule has 0 saturated carbocycles. The van der Waals surface area contributed by atoms with Crippen LogP contribution in [0.5, 0.6) is 0 Å². The zero-order valence-electron chi connectivity index (χ0n) is 11.2. The molecular weight excluding hydrogens is 242 g/mol. The summed E-state index contributed by atoms with van der Waals surface area (Å²) in [7, 11) is 0. The molecule has 0 spiro atoms. The predicted octanol–water partition coefficient (Wildman–Crippen LogP) is 1.55. The number of amides is 2. The van der Waals surface area contributed by atoms with E-state index in [1.165, 1.54) is 0 Å². The third kappa shape index (κ3) is 5.09. The molecule has 0 aromatic heterocycles. The van der Waals surface area contributed by atoms with Gasteiger partial charge in [0, 0.05) is 17.7 Å². The number of primary amides is 1. The first kappa shape index (κ1) is 15.2. The summed E-state index contributed by atoms with van der Waals surface area (Å²) in [6.45, 7) is 2.49. The first-order valence-electron chi connectivity index (χ1n) is 6.45. The number of carbonyl (C=O) groups is 2. The second kappa shape index (κ2) is 7.53. The van der Waals surface area contributed by atoms with Gasteiger partial charge in [-0.3, -0.25) is 9.59 Å². The molecule has 0 heterocycles. The fourth-order valence-corrected chi connectivity index (χ4v) is 1.78. The third-order valence-corrected chi connectivity index (χ3v) is 2.89. The summed E-state index contributed by atoms with van der Waals surface area (Å²) in [5.41, 5.74) is 12.6. The molecule has 2 amide bonds. The van der Waals surface area contributed by atoms with E-state index in [2.05, 4.69) is 5.32 Å². The van der Waals surface area contributed by atoms with Crippen molar-refractivity contribution < 1.29 is 9.59 Å². The molecule has 5 N–H and O–H groups in total. The molecule has 5 nitrogen and oxygen atoms in total. The molecule has 0 aliphatic carbocycles. The Morgan fingerprint density at radius 1 is 1.21 bits per heavy atom. The Kier molecular flexibility index (Phi) is 6.02. The van der Waals surface area contributed by atoms with Crippen molar-refractivity contribution in [3.05, 3.63) is 29.3 Å². The van der Waals surface area contributed by atoms with Gasteiger partial charge in [-0.25, -0.2) is 0 Å². The second-order valence-electron chi connectivity index (χ2n) is 4.54. The lowest BCUT2D eigenvalue weighted by molar-refractivity contribution is -0.116. The topological polar surface area (TPSA) is 98.2 Å². The van der Waals surface area contributed by atoms with Gasteiger partial charge in [-0.1, -0.05) is 6.42 Å². The first-order valence-corrected chi connectivity index (χ1v) is 6.45. The number of anilines is 1. The summed E-state index contributed by atoms with van der Waals surface area (Å²) in [6.07, 6.45) is 3.22. The Labute approximate surface area is 113 Å². The Balaban J connectivity index is 2.52. The van der Waals surface area contributed by atoms with Crippen LogP contribution in [-0.4, -0.2) is 18.4 Å². The van der Waals surface area contributed by atoms with Gasteiger partial charge in [-0.05, 0) is 50.1 Å². The molecule has 0 fully saturated rings. The van der Waals surface area contributed by atoms with E-state index in [1.54, 1.807) is 18.2 Å². The predicted molar refractivity (Wildman–Crippen MR) is 75.8 cm³/mol. The number of unbranched alkanes of at least 4 members (excludes halogenated alkanes) is 2. The first-order chi connectivity index (χ1) is 9.04. The number of aryl methyl sites for hydroxylation is 1. The quantitative estimate of drug-likeness (QED) is 0.651. The van der Waals surface area contributed by atoms with E-state index in [0.717, 1.165) is 24.8 Å². The number of carbonyl (C=O) groups excluding carboxylic acids is 2. The average molecular weight is 263 g/mol. The van der Waals surface area contributed by atoms with Gasteiger partial charge in [-0.2, -0.15) is 0 Å². The van der Waals surface area contributed by atoms with E-state index in [4.69, 9.17) is 11.5 Å². The lowest BCUT2D eigenvalue weighted by Gasteiger charge is -2.09. The van der Waals surface area contributed by atoms with Gasteiger partial charge in [0.25, 0.3) is 0 Å². The summed E-state index contributed by atoms with van der Waals surface area (Å²) in [6, 6.07) is 4.99. The molecule has 0 bridgehead atoms. The van der Waals surface area contributed by atoms with Crippen molar-refractivity contribution in [2.24, 2.45) is 11.5 Å². The van der Waals surface area contributed by atoms with E-state index < -0.39 is 5.91 Å². The van der Waals surface area contributed by atoms with Gasteiger partial charge in [0.1, 0.15) is 0 Å². The lowest BCUT2D eigenvalue weighted by Crippen LogP contribution is -2.14. The van der Waals surface area contributed by atoms with Crippen LogP contribution in [0.2, 0.25) is 0 Å². The zero-order valence-corrected chi connectivity index (χ0v) is 11.2. The van der Waals surface area contributed by atoms with Gasteiger partial charge >= 0.3 is 0 Å². The van der Waals surface area contributed by atoms with Crippen LogP contribution in [0.4, 0.5) is 5.69 Å². The SMILES string of the molecule is Cc1cc(C(N)=O)ccc1NC(=O)CCCCCN. The Hall–Kier alpha value is -1.88. The number of hydrogen-bond donors (Lipinski definition) is 3. The van der Waals surface area contributed by atoms with Gasteiger partial charge in [0.15, 0.2) is 0 Å². The van der Waals surface area contributed by atoms with Crippen molar-refractivity contribution in [1.29, 1.82) is 0 Å². The fourth-order valence-electron chi connectivity index (χ4n) is 1.78. The summed E-state index contributed by atoms with van der Waals surface area (Å²) in [4.78, 5) is 22.7. The van der Waals surface area contributed by atoms with Crippen LogP contribution >= 0.6 is 0 Å². The van der Waals surface area contributed by atoms with Crippen LogP contribution in [0.15, 0.2) is 18.2 Å². The van der Waals surface area contributed by atoms with Gasteiger partial charge in [-0.15, -0.1) is 0 Å². The van der Waals surface area contributed by atoms with E-state index in [9.17, 15) is 9.59 Å². The fraction of sp³-hybridized carbons (Fsp3) is 0.429. The van der Waals surface area contributed by atoms with Crippen LogP contribution < -0.4 is 16.8 Å². The van der Waals surface area contributed by atoms with Gasteiger partial charge in [0.05, 0.1) is 0 Å². The highest BCUT2D eigenvalue weighted by Crippen LogP contribution is 2.17. The van der Waals surface area contributed by atoms with E-state index >= 15 is 0 Å². The second-order valence-corrected chi connectivity index (χ2v) is 4.54. The number of benzene rings is 1. The highest BCUT2D eigenvalue weighted by Gasteiger charge is 2.07. The molecule has 0 aliphatic heterocycles. The van der Waals surface area contributed by atoms with Crippen LogP contribution in [0, 0.1) is 6.92 Å². The molecule has 1 aromatic carbocycles. The number of nitrogens with two attached hydrogens (primary N) is 2. The van der Waals surface area contributed by atoms with E-state index in [-0.39, 0.29) is 5.91 Å². The highest BCUT2D eigenvalue weighted by molar-refractivity contribution is 5.95. The molecule has 0 atom stereocenters. The van der Waals surface area contributed by atoms with Crippen molar-refractivity contribution in [1.82, 2.24) is 0 Å². The molecule has 0 unspecified atom stereocenters. The molecule has 104 valence electrons. The van der Waals surface area contributed by atoms with Crippen molar-refractivity contribution in [3.63, 3.8) is 0 Å². The van der Waals surface area contributed by atoms with E-state index in [0.29, 0.717) is 24.2 Å². The standard InChI is InChI=1S/C14H21N3O2/c1-10-9-11(14(16)19)6-7-12(10)17-13(18)5-3-2-4-8-15/h6-7,9H,2-5,8,15H2,1H3,(H2,16,19)(H,17,18). The van der Waals surface area contributed by atoms with Crippen LogP contribution in [0.25, 0.3) is 0 Å². The summed E-state index contributed by atoms with van der Waals surface area (Å²) < 4.78 is 0. The van der Waals surface area contributed by atoms with Crippen LogP contribution in [0.1, 0.15) is 41.6 Å². The number of rotatable bonds is 7. The van der Waals surface area contributed by atoms with E-state index in [1.807, 2.05) is 6.92 Å². The Morgan fingerprint density at radius 2 is 1.95 bits per heavy atom. The maximum absolute atomic E-state index is 11.7. The lowest BCUT2D eigenvalue weighted by atomic mass is 10.1. The normalized spacial score (nSPS) is 10.2. The molecule has 0 aliphatic rings. The van der Waals surface area contributed by atoms with Crippen molar-refractivity contribution in [2.45, 2.75) is 32.6 Å². The van der Waals surface area contributed by atoms with Crippen LogP contribution in [0.3, 0.4) is 0 Å². The summed E-state index contributed by atoms with van der Waals surface area (Å²) >= 11 is 0. The van der Waals surface area contributed by atoms with Crippen molar-refractivity contribution in [2.75, 3.05) is 11.9 Å². The number of hydrogen-bond acceptors (Lipinski definition) is 3. The molecular formula is C14H21N3O2. The summed E-state index contributed by atoms with van der Waals surface area (Å²) in [5, 5.41) is 2.83. The minimum atomic E-state index is -0.470.